The SMILES string of the molecule is COc1cc(C=NNc2nc(-c3ccccc3)c(C#N)c(=O)[nH]2)ccc1OC(F)(F)C(F)C(F)(F)F. The van der Waals surface area contributed by atoms with Gasteiger partial charge in [-0.05, 0) is 23.8 Å². The average Bonchev–Trinajstić information content (AvgIpc) is 2.83. The molecule has 0 bridgehead atoms. The molecule has 1 atom stereocenters. The number of aromatic amines is 1. The highest BCUT2D eigenvalue weighted by Crippen LogP contribution is 2.39. The molecular weight excluding hydrogens is 496 g/mol. The molecule has 1 aromatic heterocycles. The van der Waals surface area contributed by atoms with E-state index >= 15 is 0 Å². The summed E-state index contributed by atoms with van der Waals surface area (Å²) in [6.07, 6.45) is -14.5. The molecule has 36 heavy (non-hydrogen) atoms. The number of nitriles is 1. The van der Waals surface area contributed by atoms with Gasteiger partial charge in [-0.15, -0.1) is 0 Å². The average molecular weight is 511 g/mol. The van der Waals surface area contributed by atoms with Crippen molar-refractivity contribution in [3.63, 3.8) is 0 Å². The van der Waals surface area contributed by atoms with E-state index in [9.17, 15) is 36.4 Å². The zero-order valence-electron chi connectivity index (χ0n) is 18.1. The van der Waals surface area contributed by atoms with Crippen LogP contribution >= 0.6 is 0 Å². The highest BCUT2D eigenvalue weighted by Gasteiger charge is 2.59. The quantitative estimate of drug-likeness (QED) is 0.259. The molecule has 2 aromatic carbocycles. The number of aromatic nitrogens is 2. The standard InChI is InChI=1S/C22H15F6N5O3/c1-35-16-9-12(7-8-15(16)36-22(27,28)19(23)21(24,25)26)11-30-33-20-31-17(13-5-3-2-4-6-13)14(10-29)18(34)32-20/h2-9,11,19H,1H3,(H2,31,32,33,34). The van der Waals surface area contributed by atoms with Gasteiger partial charge in [0, 0.05) is 5.56 Å². The Morgan fingerprint density at radius 1 is 1.14 bits per heavy atom. The smallest absolute Gasteiger partial charge is 0.439 e. The van der Waals surface area contributed by atoms with Gasteiger partial charge in [0.2, 0.25) is 5.95 Å². The fourth-order valence-electron chi connectivity index (χ4n) is 2.84. The van der Waals surface area contributed by atoms with Crippen LogP contribution in [-0.2, 0) is 0 Å². The minimum atomic E-state index is -5.84. The van der Waals surface area contributed by atoms with Crippen LogP contribution in [0.4, 0.5) is 32.3 Å². The Kier molecular flexibility index (Phi) is 7.52. The predicted octanol–water partition coefficient (Wildman–Crippen LogP) is 4.64. The van der Waals surface area contributed by atoms with Crippen LogP contribution < -0.4 is 20.5 Å². The van der Waals surface area contributed by atoms with Crippen LogP contribution in [0, 0.1) is 11.3 Å². The maximum Gasteiger partial charge on any atom is 0.439 e. The van der Waals surface area contributed by atoms with Gasteiger partial charge in [0.1, 0.15) is 11.6 Å². The van der Waals surface area contributed by atoms with Gasteiger partial charge in [-0.2, -0.15) is 32.3 Å². The summed E-state index contributed by atoms with van der Waals surface area (Å²) in [5, 5.41) is 13.1. The Hall–Kier alpha value is -4.54. The summed E-state index contributed by atoms with van der Waals surface area (Å²) in [6.45, 7) is 0. The third kappa shape index (κ3) is 5.93. The third-order valence-corrected chi connectivity index (χ3v) is 4.48. The van der Waals surface area contributed by atoms with E-state index in [0.717, 1.165) is 31.5 Å². The molecule has 188 valence electrons. The number of nitrogens with zero attached hydrogens (tertiary/aromatic N) is 3. The van der Waals surface area contributed by atoms with E-state index in [2.05, 4.69) is 25.2 Å². The monoisotopic (exact) mass is 511 g/mol. The number of alkyl halides is 6. The van der Waals surface area contributed by atoms with Crippen molar-refractivity contribution < 1.29 is 35.8 Å². The summed E-state index contributed by atoms with van der Waals surface area (Å²) < 4.78 is 86.0. The number of halogens is 6. The largest absolute Gasteiger partial charge is 0.493 e. The zero-order valence-corrected chi connectivity index (χ0v) is 18.1. The van der Waals surface area contributed by atoms with Gasteiger partial charge in [-0.1, -0.05) is 30.3 Å². The lowest BCUT2D eigenvalue weighted by Crippen LogP contribution is -2.45. The highest BCUT2D eigenvalue weighted by molar-refractivity contribution is 5.81. The molecule has 14 heteroatoms. The van der Waals surface area contributed by atoms with Gasteiger partial charge in [0.15, 0.2) is 11.5 Å². The van der Waals surface area contributed by atoms with Crippen LogP contribution in [-0.4, -0.2) is 41.7 Å². The van der Waals surface area contributed by atoms with Crippen LogP contribution in [0.5, 0.6) is 11.5 Å². The summed E-state index contributed by atoms with van der Waals surface area (Å²) >= 11 is 0. The molecular formula is C22H15F6N5O3. The predicted molar refractivity (Wildman–Crippen MR) is 116 cm³/mol. The highest BCUT2D eigenvalue weighted by atomic mass is 19.4. The van der Waals surface area contributed by atoms with E-state index in [-0.39, 0.29) is 22.8 Å². The fourth-order valence-corrected chi connectivity index (χ4v) is 2.84. The molecule has 0 spiro atoms. The van der Waals surface area contributed by atoms with E-state index in [0.29, 0.717) is 5.56 Å². The van der Waals surface area contributed by atoms with Crippen molar-refractivity contribution in [2.75, 3.05) is 12.5 Å². The lowest BCUT2D eigenvalue weighted by molar-refractivity contribution is -0.305. The molecule has 0 aliphatic carbocycles. The Morgan fingerprint density at radius 2 is 1.83 bits per heavy atom. The van der Waals surface area contributed by atoms with Crippen LogP contribution in [0.3, 0.4) is 0 Å². The Morgan fingerprint density at radius 3 is 2.44 bits per heavy atom. The Balaban J connectivity index is 1.81. The number of rotatable bonds is 8. The van der Waals surface area contributed by atoms with Crippen molar-refractivity contribution in [3.05, 3.63) is 70.0 Å². The van der Waals surface area contributed by atoms with Crippen LogP contribution in [0.15, 0.2) is 58.4 Å². The number of ether oxygens (including phenoxy) is 2. The van der Waals surface area contributed by atoms with E-state index in [1.165, 1.54) is 0 Å². The second-order valence-electron chi connectivity index (χ2n) is 6.96. The molecule has 0 fully saturated rings. The molecule has 1 heterocycles. The molecule has 0 aliphatic rings. The second kappa shape index (κ2) is 10.4. The fraction of sp³-hybridized carbons (Fsp3) is 0.182. The number of nitrogens with one attached hydrogen (secondary N) is 2. The van der Waals surface area contributed by atoms with E-state index < -0.39 is 35.5 Å². The molecule has 2 N–H and O–H groups in total. The zero-order chi connectivity index (χ0) is 26.5. The maximum absolute atomic E-state index is 13.6. The molecule has 0 saturated heterocycles. The first kappa shape index (κ1) is 26.1. The van der Waals surface area contributed by atoms with Gasteiger partial charge >= 0.3 is 12.3 Å². The summed E-state index contributed by atoms with van der Waals surface area (Å²) in [7, 11) is 1.03. The number of hydrazone groups is 1. The van der Waals surface area contributed by atoms with Crippen molar-refractivity contribution in [2.45, 2.75) is 18.5 Å². The van der Waals surface area contributed by atoms with Crippen molar-refractivity contribution in [2.24, 2.45) is 5.10 Å². The van der Waals surface area contributed by atoms with Crippen LogP contribution in [0.2, 0.25) is 0 Å². The van der Waals surface area contributed by atoms with Gasteiger partial charge in [0.05, 0.1) is 19.0 Å². The van der Waals surface area contributed by atoms with Gasteiger partial charge in [-0.3, -0.25) is 9.78 Å². The van der Waals surface area contributed by atoms with Crippen LogP contribution in [0.25, 0.3) is 11.3 Å². The first-order valence-electron chi connectivity index (χ1n) is 9.81. The Labute approximate surface area is 198 Å². The number of H-pyrrole nitrogens is 1. The number of methoxy groups -OCH3 is 1. The summed E-state index contributed by atoms with van der Waals surface area (Å²) in [6, 6.07) is 13.3. The molecule has 0 radical (unpaired) electrons. The number of hydrogen-bond acceptors (Lipinski definition) is 7. The topological polar surface area (TPSA) is 112 Å². The summed E-state index contributed by atoms with van der Waals surface area (Å²) in [5.41, 5.74) is 2.31. The number of benzene rings is 2. The van der Waals surface area contributed by atoms with E-state index in [1.54, 1.807) is 36.4 Å². The first-order valence-corrected chi connectivity index (χ1v) is 9.81. The lowest BCUT2D eigenvalue weighted by Gasteiger charge is -2.24. The number of hydrogen-bond donors (Lipinski definition) is 2. The molecule has 0 aliphatic heterocycles. The van der Waals surface area contributed by atoms with Crippen molar-refractivity contribution in [3.8, 4) is 28.8 Å². The van der Waals surface area contributed by atoms with Crippen molar-refractivity contribution in [1.82, 2.24) is 9.97 Å². The molecule has 8 nitrogen and oxygen atoms in total. The van der Waals surface area contributed by atoms with Gasteiger partial charge < -0.3 is 9.47 Å². The second-order valence-corrected chi connectivity index (χ2v) is 6.96. The van der Waals surface area contributed by atoms with Gasteiger partial charge in [-0.25, -0.2) is 14.8 Å². The summed E-state index contributed by atoms with van der Waals surface area (Å²) in [5.74, 6) is -1.39. The molecule has 0 amide bonds. The maximum atomic E-state index is 13.6. The molecule has 1 unspecified atom stereocenters. The first-order chi connectivity index (χ1) is 17.0. The Bertz CT molecular complexity index is 1350. The minimum Gasteiger partial charge on any atom is -0.493 e. The van der Waals surface area contributed by atoms with Crippen LogP contribution in [0.1, 0.15) is 11.1 Å². The summed E-state index contributed by atoms with van der Waals surface area (Å²) in [4.78, 5) is 18.8. The number of anilines is 1. The molecule has 0 saturated carbocycles. The third-order valence-electron chi connectivity index (χ3n) is 4.48. The van der Waals surface area contributed by atoms with E-state index in [1.807, 2.05) is 0 Å². The van der Waals surface area contributed by atoms with Crippen molar-refractivity contribution >= 4 is 12.2 Å². The minimum absolute atomic E-state index is 0.105. The molecule has 3 aromatic rings. The van der Waals surface area contributed by atoms with Gasteiger partial charge in [0.25, 0.3) is 11.7 Å². The van der Waals surface area contributed by atoms with E-state index in [4.69, 9.17) is 4.74 Å². The lowest BCUT2D eigenvalue weighted by atomic mass is 10.1. The molecule has 3 rings (SSSR count). The normalized spacial score (nSPS) is 12.7. The van der Waals surface area contributed by atoms with Crippen molar-refractivity contribution in [1.29, 1.82) is 5.26 Å².